The van der Waals surface area contributed by atoms with Crippen LogP contribution in [0.25, 0.3) is 0 Å². The number of amides is 1. The summed E-state index contributed by atoms with van der Waals surface area (Å²) in [6.45, 7) is 12.2. The summed E-state index contributed by atoms with van der Waals surface area (Å²) in [5.74, 6) is 0.0664. The normalized spacial score (nSPS) is 25.0. The van der Waals surface area contributed by atoms with Crippen LogP contribution in [-0.4, -0.2) is 78.5 Å². The molecule has 2 atom stereocenters. The third-order valence-electron chi connectivity index (χ3n) is 6.06. The van der Waals surface area contributed by atoms with Crippen LogP contribution in [0.1, 0.15) is 33.1 Å². The van der Waals surface area contributed by atoms with Crippen molar-refractivity contribution in [3.63, 3.8) is 0 Å². The lowest BCUT2D eigenvalue weighted by Gasteiger charge is -2.36. The minimum atomic E-state index is 0.0664. The van der Waals surface area contributed by atoms with E-state index < -0.39 is 0 Å². The van der Waals surface area contributed by atoms with Gasteiger partial charge in [0.25, 0.3) is 0 Å². The lowest BCUT2D eigenvalue weighted by molar-refractivity contribution is -0.116. The molecule has 0 aromatic heterocycles. The van der Waals surface area contributed by atoms with Crippen LogP contribution in [-0.2, 0) is 4.79 Å². The Kier molecular flexibility index (Phi) is 7.53. The van der Waals surface area contributed by atoms with Gasteiger partial charge in [0.2, 0.25) is 5.91 Å². The fraction of sp³-hybridized carbons (Fsp3) is 0.667. The monoisotopic (exact) mass is 392 g/mol. The maximum Gasteiger partial charge on any atom is 0.225 e. The van der Waals surface area contributed by atoms with Crippen molar-refractivity contribution in [3.8, 4) is 0 Å². The zero-order chi connectivity index (χ0) is 19.2. The van der Waals surface area contributed by atoms with Crippen LogP contribution in [0.3, 0.4) is 0 Å². The van der Waals surface area contributed by atoms with E-state index in [0.29, 0.717) is 11.4 Å². The first-order chi connectivity index (χ1) is 13.0. The lowest BCUT2D eigenvalue weighted by atomic mass is 10.2. The number of likely N-dealkylation sites (tertiary alicyclic amines) is 1. The quantitative estimate of drug-likeness (QED) is 0.773. The lowest BCUT2D eigenvalue weighted by Crippen LogP contribution is -2.49. The maximum atomic E-state index is 12.1. The molecule has 1 aromatic rings. The number of benzene rings is 1. The molecule has 2 aliphatic heterocycles. The maximum absolute atomic E-state index is 12.1. The van der Waals surface area contributed by atoms with Crippen molar-refractivity contribution in [3.05, 3.63) is 29.3 Å². The summed E-state index contributed by atoms with van der Waals surface area (Å²) in [6.07, 6.45) is 3.21. The third-order valence-corrected chi connectivity index (χ3v) is 6.31. The molecule has 2 unspecified atom stereocenters. The van der Waals surface area contributed by atoms with E-state index in [-0.39, 0.29) is 5.91 Å². The first-order valence-electron chi connectivity index (χ1n) is 10.3. The van der Waals surface area contributed by atoms with Gasteiger partial charge in [-0.05, 0) is 51.0 Å². The first kappa shape index (κ1) is 20.6. The van der Waals surface area contributed by atoms with Crippen LogP contribution >= 0.6 is 11.6 Å². The van der Waals surface area contributed by atoms with E-state index in [1.54, 1.807) is 12.1 Å². The zero-order valence-corrected chi connectivity index (χ0v) is 17.4. The Hall–Kier alpha value is -1.14. The highest BCUT2D eigenvalue weighted by atomic mass is 35.5. The Morgan fingerprint density at radius 1 is 0.963 bits per heavy atom. The van der Waals surface area contributed by atoms with Crippen LogP contribution in [0, 0.1) is 0 Å². The van der Waals surface area contributed by atoms with Crippen LogP contribution in [0.5, 0.6) is 0 Å². The van der Waals surface area contributed by atoms with Crippen molar-refractivity contribution in [2.75, 3.05) is 51.1 Å². The first-order valence-corrected chi connectivity index (χ1v) is 10.6. The minimum absolute atomic E-state index is 0.0664. The fourth-order valence-electron chi connectivity index (χ4n) is 4.20. The van der Waals surface area contributed by atoms with E-state index in [2.05, 4.69) is 33.9 Å². The van der Waals surface area contributed by atoms with E-state index in [1.165, 1.54) is 25.9 Å². The Bertz CT molecular complexity index is 591. The number of carbonyl (C=O) groups excluding carboxylic acids is 1. The number of hydrogen-bond donors (Lipinski definition) is 1. The van der Waals surface area contributed by atoms with Gasteiger partial charge in [0, 0.05) is 75.0 Å². The molecule has 0 radical (unpaired) electrons. The summed E-state index contributed by atoms with van der Waals surface area (Å²) in [6, 6.07) is 8.73. The predicted octanol–water partition coefficient (Wildman–Crippen LogP) is 3.16. The Balaban J connectivity index is 1.31. The summed E-state index contributed by atoms with van der Waals surface area (Å²) in [5, 5.41) is 3.62. The fourth-order valence-corrected chi connectivity index (χ4v) is 4.33. The van der Waals surface area contributed by atoms with Crippen LogP contribution < -0.4 is 5.32 Å². The molecule has 1 N–H and O–H groups in total. The summed E-state index contributed by atoms with van der Waals surface area (Å²) in [7, 11) is 0. The van der Waals surface area contributed by atoms with Gasteiger partial charge in [-0.3, -0.25) is 14.6 Å². The summed E-state index contributed by atoms with van der Waals surface area (Å²) in [5.41, 5.74) is 0.805. The van der Waals surface area contributed by atoms with Crippen molar-refractivity contribution in [2.45, 2.75) is 45.2 Å². The molecule has 1 aromatic carbocycles. The standard InChI is InChI=1S/C21H33ClN4O/c1-17-3-4-18(2)26(17)16-15-25-13-11-24(12-14-25)10-9-21(27)23-20-7-5-19(22)6-8-20/h5-8,17-18H,3-4,9-16H2,1-2H3,(H,23,27). The van der Waals surface area contributed by atoms with Gasteiger partial charge in [0.05, 0.1) is 0 Å². The molecule has 0 saturated carbocycles. The molecular formula is C21H33ClN4O. The van der Waals surface area contributed by atoms with Crippen LogP contribution in [0.2, 0.25) is 5.02 Å². The average molecular weight is 393 g/mol. The molecule has 0 spiro atoms. The molecule has 27 heavy (non-hydrogen) atoms. The second kappa shape index (κ2) is 9.87. The molecule has 6 heteroatoms. The van der Waals surface area contributed by atoms with E-state index in [1.807, 2.05) is 12.1 Å². The number of nitrogens with one attached hydrogen (secondary N) is 1. The molecule has 1 amide bonds. The largest absolute Gasteiger partial charge is 0.326 e. The minimum Gasteiger partial charge on any atom is -0.326 e. The number of piperazine rings is 1. The molecule has 2 heterocycles. The summed E-state index contributed by atoms with van der Waals surface area (Å²) >= 11 is 5.87. The summed E-state index contributed by atoms with van der Waals surface area (Å²) in [4.78, 5) is 19.8. The molecule has 2 aliphatic rings. The molecule has 2 fully saturated rings. The van der Waals surface area contributed by atoms with Gasteiger partial charge in [-0.1, -0.05) is 11.6 Å². The number of hydrogen-bond acceptors (Lipinski definition) is 4. The second-order valence-electron chi connectivity index (χ2n) is 8.00. The highest BCUT2D eigenvalue weighted by molar-refractivity contribution is 6.30. The SMILES string of the molecule is CC1CCC(C)N1CCN1CCN(CCC(=O)Nc2ccc(Cl)cc2)CC1. The number of halogens is 1. The van der Waals surface area contributed by atoms with E-state index in [9.17, 15) is 4.79 Å². The molecule has 5 nitrogen and oxygen atoms in total. The van der Waals surface area contributed by atoms with Crippen LogP contribution in [0.4, 0.5) is 5.69 Å². The molecule has 150 valence electrons. The van der Waals surface area contributed by atoms with E-state index >= 15 is 0 Å². The van der Waals surface area contributed by atoms with Crippen molar-refractivity contribution in [2.24, 2.45) is 0 Å². The molecule has 2 saturated heterocycles. The Labute approximate surface area is 168 Å². The highest BCUT2D eigenvalue weighted by Crippen LogP contribution is 2.22. The van der Waals surface area contributed by atoms with Crippen molar-refractivity contribution in [1.82, 2.24) is 14.7 Å². The van der Waals surface area contributed by atoms with Gasteiger partial charge >= 0.3 is 0 Å². The highest BCUT2D eigenvalue weighted by Gasteiger charge is 2.27. The van der Waals surface area contributed by atoms with E-state index in [4.69, 9.17) is 11.6 Å². The topological polar surface area (TPSA) is 38.8 Å². The van der Waals surface area contributed by atoms with Gasteiger partial charge in [-0.25, -0.2) is 0 Å². The molecule has 0 bridgehead atoms. The summed E-state index contributed by atoms with van der Waals surface area (Å²) < 4.78 is 0. The zero-order valence-electron chi connectivity index (χ0n) is 16.7. The number of carbonyl (C=O) groups is 1. The molecule has 3 rings (SSSR count). The van der Waals surface area contributed by atoms with Gasteiger partial charge in [-0.15, -0.1) is 0 Å². The van der Waals surface area contributed by atoms with Crippen molar-refractivity contribution in [1.29, 1.82) is 0 Å². The van der Waals surface area contributed by atoms with Crippen molar-refractivity contribution >= 4 is 23.2 Å². The van der Waals surface area contributed by atoms with Gasteiger partial charge in [0.15, 0.2) is 0 Å². The Morgan fingerprint density at radius 3 is 2.11 bits per heavy atom. The molecular weight excluding hydrogens is 360 g/mol. The Morgan fingerprint density at radius 2 is 1.52 bits per heavy atom. The van der Waals surface area contributed by atoms with Gasteiger partial charge < -0.3 is 10.2 Å². The molecule has 0 aliphatic carbocycles. The smallest absolute Gasteiger partial charge is 0.225 e. The van der Waals surface area contributed by atoms with Crippen molar-refractivity contribution < 1.29 is 4.79 Å². The third kappa shape index (κ3) is 6.18. The average Bonchev–Trinajstić information content (AvgIpc) is 2.99. The number of nitrogens with zero attached hydrogens (tertiary/aromatic N) is 3. The van der Waals surface area contributed by atoms with E-state index in [0.717, 1.165) is 50.5 Å². The van der Waals surface area contributed by atoms with Crippen LogP contribution in [0.15, 0.2) is 24.3 Å². The predicted molar refractivity (Wildman–Crippen MR) is 112 cm³/mol. The number of anilines is 1. The second-order valence-corrected chi connectivity index (χ2v) is 8.44. The van der Waals surface area contributed by atoms with Gasteiger partial charge in [0.1, 0.15) is 0 Å². The van der Waals surface area contributed by atoms with Gasteiger partial charge in [-0.2, -0.15) is 0 Å². The number of rotatable bonds is 7.